The van der Waals surface area contributed by atoms with Crippen molar-refractivity contribution in [3.05, 3.63) is 54.3 Å². The molecule has 1 aliphatic rings. The van der Waals surface area contributed by atoms with Crippen LogP contribution in [0.25, 0.3) is 0 Å². The van der Waals surface area contributed by atoms with Gasteiger partial charge in [-0.15, -0.1) is 5.73 Å². The maximum absolute atomic E-state index is 12.8. The van der Waals surface area contributed by atoms with E-state index in [9.17, 15) is 37.9 Å². The maximum Gasteiger partial charge on any atom is 0.306 e. The van der Waals surface area contributed by atoms with Crippen molar-refractivity contribution in [1.82, 2.24) is 0 Å². The van der Waals surface area contributed by atoms with Gasteiger partial charge in [0.1, 0.15) is 36.8 Å². The zero-order valence-corrected chi connectivity index (χ0v) is 37.7. The first-order valence-electron chi connectivity index (χ1n) is 22.9. The van der Waals surface area contributed by atoms with Gasteiger partial charge in [-0.1, -0.05) is 121 Å². The number of hydrogen-bond donors (Lipinski definition) is 4. The highest BCUT2D eigenvalue weighted by Crippen LogP contribution is 2.24. The third-order valence-corrected chi connectivity index (χ3v) is 10.9. The second-order valence-corrected chi connectivity index (χ2v) is 17.3. The van der Waals surface area contributed by atoms with E-state index in [2.05, 4.69) is 68.2 Å². The minimum Gasteiger partial charge on any atom is -0.462 e. The second kappa shape index (κ2) is 37.0. The average molecular weight is 869 g/mol. The number of carbonyl (C=O) groups excluding carboxylic acids is 2. The van der Waals surface area contributed by atoms with Crippen LogP contribution in [-0.2, 0) is 38.7 Å². The van der Waals surface area contributed by atoms with E-state index in [1.165, 1.54) is 51.4 Å². The SMILES string of the molecule is CCCCC/C=C/C/C=C/C/C=C/CCCCCCC(=O)O[C@H](COC(=O)CCCCCCCC=C=CCCCCCCC)CO[C@H]1O[C@H](CS(=O)(=O)O)[C@@H](O)C(O)C1O. The minimum absolute atomic E-state index is 0.132. The van der Waals surface area contributed by atoms with Crippen LogP contribution in [-0.4, -0.2) is 96.0 Å². The smallest absolute Gasteiger partial charge is 0.306 e. The van der Waals surface area contributed by atoms with E-state index < -0.39 is 71.2 Å². The molecule has 0 bridgehead atoms. The Kier molecular flexibility index (Phi) is 34.2. The minimum atomic E-state index is -4.61. The first-order chi connectivity index (χ1) is 29.0. The fourth-order valence-corrected chi connectivity index (χ4v) is 7.23. The van der Waals surface area contributed by atoms with Gasteiger partial charge in [0.2, 0.25) is 0 Å². The Hall–Kier alpha value is -2.61. The fraction of sp³-hybridized carbons (Fsp3) is 0.766. The van der Waals surface area contributed by atoms with E-state index in [-0.39, 0.29) is 19.4 Å². The lowest BCUT2D eigenvalue weighted by atomic mass is 10.00. The summed E-state index contributed by atoms with van der Waals surface area (Å²) in [5.41, 5.74) is 3.28. The summed E-state index contributed by atoms with van der Waals surface area (Å²) in [6, 6.07) is 0. The van der Waals surface area contributed by atoms with Crippen LogP contribution in [0.1, 0.15) is 174 Å². The van der Waals surface area contributed by atoms with Crippen molar-refractivity contribution >= 4 is 22.1 Å². The van der Waals surface area contributed by atoms with Crippen LogP contribution in [0, 0.1) is 0 Å². The van der Waals surface area contributed by atoms with Gasteiger partial charge in [0.05, 0.1) is 6.61 Å². The molecule has 0 aromatic carbocycles. The number of hydrogen-bond acceptors (Lipinski definition) is 11. The van der Waals surface area contributed by atoms with Crippen molar-refractivity contribution in [2.24, 2.45) is 0 Å². The van der Waals surface area contributed by atoms with Crippen LogP contribution < -0.4 is 0 Å². The van der Waals surface area contributed by atoms with Gasteiger partial charge in [0.15, 0.2) is 12.4 Å². The molecule has 13 heteroatoms. The lowest BCUT2D eigenvalue weighted by Gasteiger charge is -2.40. The molecule has 4 N–H and O–H groups in total. The average Bonchev–Trinajstić information content (AvgIpc) is 3.21. The van der Waals surface area contributed by atoms with Gasteiger partial charge in [-0.05, 0) is 89.2 Å². The first-order valence-corrected chi connectivity index (χ1v) is 24.5. The summed E-state index contributed by atoms with van der Waals surface area (Å²) in [7, 11) is -4.61. The van der Waals surface area contributed by atoms with Gasteiger partial charge in [0, 0.05) is 12.8 Å². The van der Waals surface area contributed by atoms with Gasteiger partial charge >= 0.3 is 11.9 Å². The number of carbonyl (C=O) groups is 2. The highest BCUT2D eigenvalue weighted by atomic mass is 32.2. The highest BCUT2D eigenvalue weighted by molar-refractivity contribution is 7.85. The Balaban J connectivity index is 2.49. The number of aliphatic hydroxyl groups is 3. The molecular weight excluding hydrogens is 789 g/mol. The van der Waals surface area contributed by atoms with Gasteiger partial charge in [0.25, 0.3) is 10.1 Å². The van der Waals surface area contributed by atoms with Gasteiger partial charge in [-0.3, -0.25) is 14.1 Å². The van der Waals surface area contributed by atoms with Gasteiger partial charge < -0.3 is 34.3 Å². The van der Waals surface area contributed by atoms with Crippen molar-refractivity contribution in [1.29, 1.82) is 0 Å². The Morgan fingerprint density at radius 1 is 0.617 bits per heavy atom. The van der Waals surface area contributed by atoms with Crippen LogP contribution >= 0.6 is 0 Å². The van der Waals surface area contributed by atoms with E-state index in [1.54, 1.807) is 0 Å². The predicted octanol–water partition coefficient (Wildman–Crippen LogP) is 9.33. The molecule has 6 atom stereocenters. The maximum atomic E-state index is 12.8. The van der Waals surface area contributed by atoms with E-state index in [0.29, 0.717) is 12.8 Å². The Bertz CT molecular complexity index is 1350. The van der Waals surface area contributed by atoms with Crippen molar-refractivity contribution in [3.63, 3.8) is 0 Å². The number of unbranched alkanes of at least 4 members (excludes halogenated alkanes) is 17. The summed E-state index contributed by atoms with van der Waals surface area (Å²) < 4.78 is 54.0. The summed E-state index contributed by atoms with van der Waals surface area (Å²) in [5.74, 6) is -2.04. The quantitative estimate of drug-likeness (QED) is 0.0153. The Labute approximate surface area is 362 Å². The van der Waals surface area contributed by atoms with Gasteiger partial charge in [-0.25, -0.2) is 0 Å². The molecule has 0 aromatic rings. The van der Waals surface area contributed by atoms with Crippen molar-refractivity contribution in [2.45, 2.75) is 211 Å². The lowest BCUT2D eigenvalue weighted by molar-refractivity contribution is -0.297. The number of rotatable bonds is 37. The summed E-state index contributed by atoms with van der Waals surface area (Å²) in [4.78, 5) is 25.4. The molecule has 1 rings (SSSR count). The normalized spacial score (nSPS) is 20.1. The van der Waals surface area contributed by atoms with Crippen LogP contribution in [0.15, 0.2) is 54.3 Å². The standard InChI is InChI=1S/C47H80O12S/c1-3-5-7-9-11-13-15-17-19-20-22-24-26-28-30-32-34-36-43(49)58-40(38-57-47-46(52)45(51)44(50)41(59-47)39-60(53,54)55)37-56-42(48)35-33-31-29-27-25-23-21-18-16-14-12-10-8-6-4-2/h11,13,16-17,19,21-22,24,40-41,44-47,50-52H,3-10,12,14-15,20,23,25-39H2,1-2H3,(H,53,54,55)/b13-11+,19-17+,24-22+/t18?,40-,41-,44-,45?,46?,47+/m1/s1. The number of esters is 2. The molecule has 1 fully saturated rings. The zero-order chi connectivity index (χ0) is 44.1. The van der Waals surface area contributed by atoms with Crippen molar-refractivity contribution in [2.75, 3.05) is 19.0 Å². The van der Waals surface area contributed by atoms with Crippen molar-refractivity contribution < 1.29 is 56.8 Å². The molecule has 2 unspecified atom stereocenters. The number of ether oxygens (including phenoxy) is 4. The third kappa shape index (κ3) is 31.3. The highest BCUT2D eigenvalue weighted by Gasteiger charge is 2.46. The molecule has 0 radical (unpaired) electrons. The molecule has 60 heavy (non-hydrogen) atoms. The molecule has 0 aliphatic carbocycles. The van der Waals surface area contributed by atoms with Crippen LogP contribution in [0.5, 0.6) is 0 Å². The third-order valence-electron chi connectivity index (χ3n) is 10.2. The molecule has 0 spiro atoms. The van der Waals surface area contributed by atoms with Gasteiger partial charge in [-0.2, -0.15) is 8.42 Å². The summed E-state index contributed by atoms with van der Waals surface area (Å²) >= 11 is 0. The van der Waals surface area contributed by atoms with E-state index in [0.717, 1.165) is 83.5 Å². The van der Waals surface area contributed by atoms with Crippen molar-refractivity contribution in [3.8, 4) is 0 Å². The molecule has 0 saturated carbocycles. The molecule has 0 amide bonds. The lowest BCUT2D eigenvalue weighted by Crippen LogP contribution is -2.60. The number of allylic oxidation sites excluding steroid dienone is 7. The Morgan fingerprint density at radius 2 is 1.10 bits per heavy atom. The second-order valence-electron chi connectivity index (χ2n) is 15.8. The zero-order valence-electron chi connectivity index (χ0n) is 36.8. The Morgan fingerprint density at radius 3 is 1.68 bits per heavy atom. The molecule has 1 saturated heterocycles. The molecular formula is C47H80O12S. The molecule has 12 nitrogen and oxygen atoms in total. The molecule has 1 aliphatic heterocycles. The number of aliphatic hydroxyl groups excluding tert-OH is 3. The van der Waals surface area contributed by atoms with Crippen LogP contribution in [0.2, 0.25) is 0 Å². The largest absolute Gasteiger partial charge is 0.462 e. The molecule has 0 aromatic heterocycles. The molecule has 346 valence electrons. The van der Waals surface area contributed by atoms with E-state index in [1.807, 2.05) is 0 Å². The monoisotopic (exact) mass is 869 g/mol. The predicted molar refractivity (Wildman–Crippen MR) is 237 cm³/mol. The summed E-state index contributed by atoms with van der Waals surface area (Å²) in [6.45, 7) is 3.67. The summed E-state index contributed by atoms with van der Waals surface area (Å²) in [5, 5.41) is 30.9. The van der Waals surface area contributed by atoms with Crippen LogP contribution in [0.4, 0.5) is 0 Å². The van der Waals surface area contributed by atoms with Crippen LogP contribution in [0.3, 0.4) is 0 Å². The first kappa shape index (κ1) is 55.4. The fourth-order valence-electron chi connectivity index (χ4n) is 6.54. The van der Waals surface area contributed by atoms with E-state index >= 15 is 0 Å². The van der Waals surface area contributed by atoms with E-state index in [4.69, 9.17) is 18.9 Å². The topological polar surface area (TPSA) is 186 Å². The molecule has 1 heterocycles. The summed E-state index contributed by atoms with van der Waals surface area (Å²) in [6.07, 6.45) is 32.1.